The van der Waals surface area contributed by atoms with Crippen molar-refractivity contribution in [3.63, 3.8) is 0 Å². The van der Waals surface area contributed by atoms with Gasteiger partial charge < -0.3 is 0 Å². The van der Waals surface area contributed by atoms with Gasteiger partial charge in [0.05, 0.1) is 15.7 Å². The molecule has 0 aliphatic rings. The molecule has 0 fully saturated rings. The van der Waals surface area contributed by atoms with Gasteiger partial charge in [0.25, 0.3) is 0 Å². The molecular formula is C13H11BrOS. The molecule has 1 unspecified atom stereocenters. The molecule has 3 heteroatoms. The predicted molar refractivity (Wildman–Crippen MR) is 71.9 cm³/mol. The van der Waals surface area contributed by atoms with Crippen LogP contribution in [0.15, 0.2) is 57.9 Å². The maximum absolute atomic E-state index is 11.7. The highest BCUT2D eigenvalue weighted by Gasteiger charge is 2.11. The molecule has 82 valence electrons. The largest absolute Gasteiger partial charge is 0.255 e. The lowest BCUT2D eigenvalue weighted by Gasteiger charge is -2.09. The summed E-state index contributed by atoms with van der Waals surface area (Å²) in [6.45, 7) is 0. The highest BCUT2D eigenvalue weighted by atomic mass is 79.9. The summed E-state index contributed by atoms with van der Waals surface area (Å²) in [6, 6.07) is 15.9. The highest BCUT2D eigenvalue weighted by Crippen LogP contribution is 2.31. The first kappa shape index (κ1) is 11.6. The summed E-state index contributed by atoms with van der Waals surface area (Å²) in [7, 11) is -0.999. The number of rotatable bonds is 2. The molecule has 1 atom stereocenters. The topological polar surface area (TPSA) is 17.1 Å². The Morgan fingerprint density at radius 3 is 2.31 bits per heavy atom. The summed E-state index contributed by atoms with van der Waals surface area (Å²) in [5, 5.41) is 0. The van der Waals surface area contributed by atoms with E-state index in [1.807, 2.05) is 48.5 Å². The van der Waals surface area contributed by atoms with E-state index in [9.17, 15) is 4.21 Å². The fourth-order valence-electron chi connectivity index (χ4n) is 1.65. The maximum atomic E-state index is 11.7. The number of hydrogen-bond acceptors (Lipinski definition) is 1. The first-order valence-corrected chi connectivity index (χ1v) is 7.22. The van der Waals surface area contributed by atoms with Gasteiger partial charge in [0.15, 0.2) is 0 Å². The fourth-order valence-corrected chi connectivity index (χ4v) is 3.53. The van der Waals surface area contributed by atoms with E-state index < -0.39 is 10.8 Å². The maximum Gasteiger partial charge on any atom is 0.0605 e. The van der Waals surface area contributed by atoms with Gasteiger partial charge in [-0.3, -0.25) is 4.21 Å². The molecule has 0 radical (unpaired) electrons. The average Bonchev–Trinajstić information content (AvgIpc) is 2.29. The van der Waals surface area contributed by atoms with Crippen LogP contribution in [0.4, 0.5) is 0 Å². The minimum Gasteiger partial charge on any atom is -0.255 e. The summed E-state index contributed by atoms with van der Waals surface area (Å²) in [6.07, 6.45) is 1.70. The molecular weight excluding hydrogens is 284 g/mol. The summed E-state index contributed by atoms with van der Waals surface area (Å²) >= 11 is 3.45. The molecule has 0 aromatic heterocycles. The first-order chi connectivity index (χ1) is 7.70. The normalized spacial score (nSPS) is 12.4. The van der Waals surface area contributed by atoms with Crippen molar-refractivity contribution in [2.75, 3.05) is 6.26 Å². The van der Waals surface area contributed by atoms with E-state index in [0.717, 1.165) is 20.5 Å². The van der Waals surface area contributed by atoms with Crippen molar-refractivity contribution in [3.8, 4) is 11.1 Å². The van der Waals surface area contributed by atoms with Crippen molar-refractivity contribution in [1.82, 2.24) is 0 Å². The summed E-state index contributed by atoms with van der Waals surface area (Å²) in [5.74, 6) is 0. The van der Waals surface area contributed by atoms with Crippen LogP contribution in [0, 0.1) is 0 Å². The third-order valence-electron chi connectivity index (χ3n) is 2.34. The minimum absolute atomic E-state index is 0.855. The SMILES string of the molecule is CS(=O)c1c(Br)cccc1-c1ccccc1. The van der Waals surface area contributed by atoms with Crippen LogP contribution >= 0.6 is 15.9 Å². The summed E-state index contributed by atoms with van der Waals surface area (Å²) in [5.41, 5.74) is 2.12. The lowest BCUT2D eigenvalue weighted by Crippen LogP contribution is -1.93. The van der Waals surface area contributed by atoms with Crippen LogP contribution in [0.5, 0.6) is 0 Å². The lowest BCUT2D eigenvalue weighted by atomic mass is 10.1. The van der Waals surface area contributed by atoms with Crippen LogP contribution in [0.2, 0.25) is 0 Å². The van der Waals surface area contributed by atoms with Crippen LogP contribution in [0.1, 0.15) is 0 Å². The van der Waals surface area contributed by atoms with Gasteiger partial charge in [-0.25, -0.2) is 0 Å². The summed E-state index contributed by atoms with van der Waals surface area (Å²) < 4.78 is 12.6. The van der Waals surface area contributed by atoms with E-state index in [0.29, 0.717) is 0 Å². The zero-order valence-electron chi connectivity index (χ0n) is 8.81. The van der Waals surface area contributed by atoms with Crippen molar-refractivity contribution in [2.45, 2.75) is 4.90 Å². The van der Waals surface area contributed by atoms with Crippen LogP contribution in [-0.2, 0) is 10.8 Å². The third kappa shape index (κ3) is 2.25. The molecule has 0 amide bonds. The molecule has 0 saturated carbocycles. The average molecular weight is 295 g/mol. The van der Waals surface area contributed by atoms with Crippen LogP contribution in [-0.4, -0.2) is 10.5 Å². The Labute approximate surface area is 106 Å². The van der Waals surface area contributed by atoms with Crippen LogP contribution in [0.25, 0.3) is 11.1 Å². The standard InChI is InChI=1S/C13H11BrOS/c1-16(15)13-11(8-5-9-12(13)14)10-6-3-2-4-7-10/h2-9H,1H3. The Balaban J connectivity index is 2.66. The van der Waals surface area contributed by atoms with Gasteiger partial charge in [-0.05, 0) is 33.1 Å². The fraction of sp³-hybridized carbons (Fsp3) is 0.0769. The number of halogens is 1. The molecule has 0 heterocycles. The Morgan fingerprint density at radius 2 is 1.69 bits per heavy atom. The molecule has 1 nitrogen and oxygen atoms in total. The second kappa shape index (κ2) is 4.93. The molecule has 0 bridgehead atoms. The molecule has 0 N–H and O–H groups in total. The Kier molecular flexibility index (Phi) is 3.56. The van der Waals surface area contributed by atoms with Gasteiger partial charge in [-0.2, -0.15) is 0 Å². The van der Waals surface area contributed by atoms with E-state index in [2.05, 4.69) is 15.9 Å². The van der Waals surface area contributed by atoms with Gasteiger partial charge in [0.1, 0.15) is 0 Å². The van der Waals surface area contributed by atoms with E-state index in [1.54, 1.807) is 6.26 Å². The molecule has 0 aliphatic carbocycles. The van der Waals surface area contributed by atoms with Gasteiger partial charge in [-0.1, -0.05) is 42.5 Å². The lowest BCUT2D eigenvalue weighted by molar-refractivity contribution is 0.686. The molecule has 0 saturated heterocycles. The first-order valence-electron chi connectivity index (χ1n) is 4.87. The molecule has 2 aromatic rings. The van der Waals surface area contributed by atoms with Crippen molar-refractivity contribution in [1.29, 1.82) is 0 Å². The van der Waals surface area contributed by atoms with Gasteiger partial charge in [0.2, 0.25) is 0 Å². The van der Waals surface area contributed by atoms with Crippen molar-refractivity contribution in [3.05, 3.63) is 53.0 Å². The molecule has 0 aliphatic heterocycles. The van der Waals surface area contributed by atoms with Gasteiger partial charge >= 0.3 is 0 Å². The monoisotopic (exact) mass is 294 g/mol. The van der Waals surface area contributed by atoms with Gasteiger partial charge in [0, 0.05) is 10.7 Å². The Hall–Kier alpha value is -0.930. The Bertz CT molecular complexity index is 523. The van der Waals surface area contributed by atoms with E-state index in [1.165, 1.54) is 0 Å². The molecule has 16 heavy (non-hydrogen) atoms. The second-order valence-corrected chi connectivity index (χ2v) is 5.61. The van der Waals surface area contributed by atoms with E-state index >= 15 is 0 Å². The third-order valence-corrected chi connectivity index (χ3v) is 4.28. The molecule has 0 spiro atoms. The smallest absolute Gasteiger partial charge is 0.0605 e. The van der Waals surface area contributed by atoms with Crippen molar-refractivity contribution < 1.29 is 4.21 Å². The summed E-state index contributed by atoms with van der Waals surface area (Å²) in [4.78, 5) is 0.855. The second-order valence-electron chi connectivity index (χ2n) is 3.44. The molecule has 2 aromatic carbocycles. The predicted octanol–water partition coefficient (Wildman–Crippen LogP) is 3.85. The number of benzene rings is 2. The minimum atomic E-state index is -0.999. The molecule has 2 rings (SSSR count). The van der Waals surface area contributed by atoms with E-state index in [4.69, 9.17) is 0 Å². The quantitative estimate of drug-likeness (QED) is 0.822. The van der Waals surface area contributed by atoms with Crippen LogP contribution in [0.3, 0.4) is 0 Å². The van der Waals surface area contributed by atoms with Crippen molar-refractivity contribution >= 4 is 26.7 Å². The van der Waals surface area contributed by atoms with Gasteiger partial charge in [-0.15, -0.1) is 0 Å². The van der Waals surface area contributed by atoms with Crippen LogP contribution < -0.4 is 0 Å². The zero-order valence-corrected chi connectivity index (χ0v) is 11.2. The van der Waals surface area contributed by atoms with E-state index in [-0.39, 0.29) is 0 Å². The zero-order chi connectivity index (χ0) is 11.5. The Morgan fingerprint density at radius 1 is 1.00 bits per heavy atom. The highest BCUT2D eigenvalue weighted by molar-refractivity contribution is 9.10. The van der Waals surface area contributed by atoms with Crippen molar-refractivity contribution in [2.24, 2.45) is 0 Å². The number of hydrogen-bond donors (Lipinski definition) is 0.